The number of methoxy groups -OCH3 is 1. The number of halogens is 3. The molecule has 1 amide bonds. The van der Waals surface area contributed by atoms with Crippen molar-refractivity contribution in [3.05, 3.63) is 46.6 Å². The predicted octanol–water partition coefficient (Wildman–Crippen LogP) is 4.80. The van der Waals surface area contributed by atoms with Crippen LogP contribution in [0.25, 0.3) is 11.0 Å². The standard InChI is InChI=1S/C21H19F3N4O2/c1-28-9-11-5-16(30-2)15(6-13(11)20(28)29)26-17-7-12(10-3-4-10)18-14(21(22,23)24)8-25-19(18)27-17/h5-8,10H,3-4,9H2,1-2H3,(H2,25,26,27). The van der Waals surface area contributed by atoms with Crippen molar-refractivity contribution in [3.8, 4) is 5.75 Å². The number of hydrogen-bond acceptors (Lipinski definition) is 4. The van der Waals surface area contributed by atoms with Crippen LogP contribution in [0.5, 0.6) is 5.75 Å². The zero-order chi connectivity index (χ0) is 21.2. The molecule has 5 rings (SSSR count). The second kappa shape index (κ2) is 6.38. The molecule has 0 saturated heterocycles. The highest BCUT2D eigenvalue weighted by Crippen LogP contribution is 2.47. The van der Waals surface area contributed by atoms with Crippen molar-refractivity contribution in [1.29, 1.82) is 0 Å². The summed E-state index contributed by atoms with van der Waals surface area (Å²) in [4.78, 5) is 21.0. The highest BCUT2D eigenvalue weighted by Gasteiger charge is 2.37. The van der Waals surface area contributed by atoms with Gasteiger partial charge >= 0.3 is 6.18 Å². The summed E-state index contributed by atoms with van der Waals surface area (Å²) < 4.78 is 45.8. The fraction of sp³-hybridized carbons (Fsp3) is 0.333. The van der Waals surface area contributed by atoms with Gasteiger partial charge in [-0.3, -0.25) is 4.79 Å². The molecule has 0 spiro atoms. The summed E-state index contributed by atoms with van der Waals surface area (Å²) in [6.07, 6.45) is -1.78. The Bertz CT molecular complexity index is 1180. The van der Waals surface area contributed by atoms with E-state index in [4.69, 9.17) is 4.74 Å². The Morgan fingerprint density at radius 3 is 2.70 bits per heavy atom. The van der Waals surface area contributed by atoms with Gasteiger partial charge in [-0.15, -0.1) is 0 Å². The molecule has 0 radical (unpaired) electrons. The molecule has 3 heterocycles. The van der Waals surface area contributed by atoms with Crippen LogP contribution in [0, 0.1) is 0 Å². The molecule has 9 heteroatoms. The van der Waals surface area contributed by atoms with Crippen LogP contribution in [-0.4, -0.2) is 34.9 Å². The van der Waals surface area contributed by atoms with Gasteiger partial charge in [-0.1, -0.05) is 0 Å². The molecule has 1 aliphatic heterocycles. The number of aromatic amines is 1. The molecule has 6 nitrogen and oxygen atoms in total. The molecule has 2 aromatic heterocycles. The Hall–Kier alpha value is -3.23. The topological polar surface area (TPSA) is 70.2 Å². The number of alkyl halides is 3. The van der Waals surface area contributed by atoms with E-state index >= 15 is 0 Å². The van der Waals surface area contributed by atoms with Crippen molar-refractivity contribution in [2.75, 3.05) is 19.5 Å². The number of ether oxygens (including phenoxy) is 1. The molecule has 3 aromatic rings. The Balaban J connectivity index is 1.59. The van der Waals surface area contributed by atoms with Crippen molar-refractivity contribution in [3.63, 3.8) is 0 Å². The first-order valence-corrected chi connectivity index (χ1v) is 9.59. The summed E-state index contributed by atoms with van der Waals surface area (Å²) in [6.45, 7) is 0.504. The fourth-order valence-electron chi connectivity index (χ4n) is 4.06. The third-order valence-corrected chi connectivity index (χ3v) is 5.67. The first kappa shape index (κ1) is 18.8. The molecule has 0 bridgehead atoms. The number of rotatable bonds is 4. The van der Waals surface area contributed by atoms with Gasteiger partial charge in [-0.05, 0) is 48.1 Å². The normalized spacial score (nSPS) is 16.3. The molecular formula is C21H19F3N4O2. The minimum Gasteiger partial charge on any atom is -0.495 e. The van der Waals surface area contributed by atoms with Crippen molar-refractivity contribution >= 4 is 28.4 Å². The van der Waals surface area contributed by atoms with Gasteiger partial charge in [0.05, 0.1) is 18.4 Å². The number of fused-ring (bicyclic) bond motifs is 2. The number of carbonyl (C=O) groups excluding carboxylic acids is 1. The van der Waals surface area contributed by atoms with Crippen molar-refractivity contribution in [2.45, 2.75) is 31.5 Å². The van der Waals surface area contributed by atoms with E-state index in [2.05, 4.69) is 15.3 Å². The van der Waals surface area contributed by atoms with Gasteiger partial charge in [-0.2, -0.15) is 13.2 Å². The quantitative estimate of drug-likeness (QED) is 0.641. The van der Waals surface area contributed by atoms with Gasteiger partial charge in [0.25, 0.3) is 5.91 Å². The van der Waals surface area contributed by atoms with Crippen molar-refractivity contribution < 1.29 is 22.7 Å². The number of hydrogen-bond donors (Lipinski definition) is 2. The maximum atomic E-state index is 13.4. The number of H-pyrrole nitrogens is 1. The zero-order valence-electron chi connectivity index (χ0n) is 16.4. The Labute approximate surface area is 170 Å². The molecule has 2 aliphatic rings. The third kappa shape index (κ3) is 2.96. The van der Waals surface area contributed by atoms with Gasteiger partial charge in [0.15, 0.2) is 0 Å². The summed E-state index contributed by atoms with van der Waals surface area (Å²) >= 11 is 0. The fourth-order valence-corrected chi connectivity index (χ4v) is 4.06. The van der Waals surface area contributed by atoms with Crippen LogP contribution in [0.15, 0.2) is 24.4 Å². The highest BCUT2D eigenvalue weighted by atomic mass is 19.4. The van der Waals surface area contributed by atoms with Crippen LogP contribution >= 0.6 is 0 Å². The molecular weight excluding hydrogens is 397 g/mol. The van der Waals surface area contributed by atoms with E-state index in [1.165, 1.54) is 7.11 Å². The number of anilines is 2. The second-order valence-electron chi connectivity index (χ2n) is 7.79. The zero-order valence-corrected chi connectivity index (χ0v) is 16.4. The van der Waals surface area contributed by atoms with Crippen LogP contribution in [-0.2, 0) is 12.7 Å². The first-order valence-electron chi connectivity index (χ1n) is 9.59. The third-order valence-electron chi connectivity index (χ3n) is 5.67. The summed E-state index contributed by atoms with van der Waals surface area (Å²) in [7, 11) is 3.25. The van der Waals surface area contributed by atoms with E-state index in [0.717, 1.165) is 24.6 Å². The van der Waals surface area contributed by atoms with E-state index < -0.39 is 11.7 Å². The van der Waals surface area contributed by atoms with Gasteiger partial charge in [-0.25, -0.2) is 4.98 Å². The second-order valence-corrected chi connectivity index (χ2v) is 7.79. The average molecular weight is 416 g/mol. The number of aromatic nitrogens is 2. The van der Waals surface area contributed by atoms with E-state index in [0.29, 0.717) is 34.9 Å². The molecule has 156 valence electrons. The van der Waals surface area contributed by atoms with Crippen LogP contribution < -0.4 is 10.1 Å². The maximum absolute atomic E-state index is 13.4. The molecule has 1 saturated carbocycles. The SMILES string of the molecule is COc1cc2c(cc1Nc1cc(C3CC3)c3c(C(F)(F)F)c[nH]c3n1)C(=O)N(C)C2. The predicted molar refractivity (Wildman–Crippen MR) is 105 cm³/mol. The Kier molecular flexibility index (Phi) is 4.00. The summed E-state index contributed by atoms with van der Waals surface area (Å²) in [6, 6.07) is 5.18. The minimum absolute atomic E-state index is 0.0861. The summed E-state index contributed by atoms with van der Waals surface area (Å²) in [5.41, 5.74) is 2.10. The number of carbonyl (C=O) groups is 1. The summed E-state index contributed by atoms with van der Waals surface area (Å²) in [5.74, 6) is 0.938. The van der Waals surface area contributed by atoms with Crippen LogP contribution in [0.4, 0.5) is 24.7 Å². The molecule has 0 unspecified atom stereocenters. The first-order chi connectivity index (χ1) is 14.3. The summed E-state index contributed by atoms with van der Waals surface area (Å²) in [5, 5.41) is 3.28. The number of pyridine rings is 1. The van der Waals surface area contributed by atoms with Crippen LogP contribution in [0.3, 0.4) is 0 Å². The van der Waals surface area contributed by atoms with E-state index in [1.807, 2.05) is 0 Å². The minimum atomic E-state index is -4.45. The van der Waals surface area contributed by atoms with Crippen LogP contribution in [0.1, 0.15) is 45.8 Å². The van der Waals surface area contributed by atoms with E-state index in [-0.39, 0.29) is 22.9 Å². The molecule has 1 aliphatic carbocycles. The van der Waals surface area contributed by atoms with Gasteiger partial charge in [0.2, 0.25) is 0 Å². The Morgan fingerprint density at radius 2 is 2.03 bits per heavy atom. The molecule has 1 fully saturated rings. The molecule has 1 aromatic carbocycles. The maximum Gasteiger partial charge on any atom is 0.418 e. The van der Waals surface area contributed by atoms with E-state index in [1.54, 1.807) is 30.1 Å². The molecule has 30 heavy (non-hydrogen) atoms. The van der Waals surface area contributed by atoms with E-state index in [9.17, 15) is 18.0 Å². The lowest BCUT2D eigenvalue weighted by Gasteiger charge is -2.14. The van der Waals surface area contributed by atoms with Gasteiger partial charge in [0.1, 0.15) is 17.2 Å². The van der Waals surface area contributed by atoms with Gasteiger partial charge in [0, 0.05) is 30.7 Å². The number of amides is 1. The monoisotopic (exact) mass is 416 g/mol. The number of nitrogens with zero attached hydrogens (tertiary/aromatic N) is 2. The average Bonchev–Trinajstić information content (AvgIpc) is 3.38. The molecule has 0 atom stereocenters. The molecule has 2 N–H and O–H groups in total. The smallest absolute Gasteiger partial charge is 0.418 e. The van der Waals surface area contributed by atoms with Crippen molar-refractivity contribution in [2.24, 2.45) is 0 Å². The van der Waals surface area contributed by atoms with Gasteiger partial charge < -0.3 is 19.9 Å². The lowest BCUT2D eigenvalue weighted by molar-refractivity contribution is -0.136. The number of nitrogens with one attached hydrogen (secondary N) is 2. The van der Waals surface area contributed by atoms with Crippen LogP contribution in [0.2, 0.25) is 0 Å². The highest BCUT2D eigenvalue weighted by molar-refractivity contribution is 6.00. The largest absolute Gasteiger partial charge is 0.495 e. The lowest BCUT2D eigenvalue weighted by atomic mass is 10.0. The lowest BCUT2D eigenvalue weighted by Crippen LogP contribution is -2.17. The number of benzene rings is 1. The Morgan fingerprint density at radius 1 is 1.27 bits per heavy atom. The van der Waals surface area contributed by atoms with Crippen molar-refractivity contribution in [1.82, 2.24) is 14.9 Å².